The summed E-state index contributed by atoms with van der Waals surface area (Å²) in [5, 5.41) is 8.50. The average molecular weight is 205 g/mol. The summed E-state index contributed by atoms with van der Waals surface area (Å²) in [5.74, 6) is -1.65. The largest absolute Gasteiger partial charge is 0.478 e. The molecule has 0 saturated carbocycles. The molecule has 0 aromatic heterocycles. The number of rotatable bonds is 1. The Bertz CT molecular complexity index is 373. The van der Waals surface area contributed by atoms with E-state index in [2.05, 4.69) is 0 Å². The maximum atomic E-state index is 12.3. The molecule has 1 aromatic carbocycles. The molecule has 0 atom stereocenters. The highest BCUT2D eigenvalue weighted by atomic mass is 19.4. The monoisotopic (exact) mass is 205 g/mol. The first-order chi connectivity index (χ1) is 6.34. The number of benzene rings is 1. The molecule has 0 amide bonds. The van der Waals surface area contributed by atoms with Crippen molar-refractivity contribution >= 4 is 11.7 Å². The van der Waals surface area contributed by atoms with Crippen LogP contribution in [0, 0.1) is 0 Å². The van der Waals surface area contributed by atoms with E-state index >= 15 is 0 Å². The van der Waals surface area contributed by atoms with Gasteiger partial charge in [0, 0.05) is 5.69 Å². The van der Waals surface area contributed by atoms with Crippen molar-refractivity contribution in [1.29, 1.82) is 0 Å². The minimum absolute atomic E-state index is 0.586. The van der Waals surface area contributed by atoms with Crippen LogP contribution in [0.25, 0.3) is 0 Å². The van der Waals surface area contributed by atoms with Gasteiger partial charge >= 0.3 is 12.1 Å². The Morgan fingerprint density at radius 3 is 2.29 bits per heavy atom. The normalized spacial score (nSPS) is 11.4. The molecule has 0 radical (unpaired) electrons. The minimum Gasteiger partial charge on any atom is -0.478 e. The van der Waals surface area contributed by atoms with Crippen molar-refractivity contribution in [1.82, 2.24) is 0 Å². The lowest BCUT2D eigenvalue weighted by molar-refractivity contribution is -0.137. The fraction of sp³-hybridized carbons (Fsp3) is 0.125. The maximum Gasteiger partial charge on any atom is 0.419 e. The fourth-order valence-electron chi connectivity index (χ4n) is 1.06. The Morgan fingerprint density at radius 1 is 1.36 bits per heavy atom. The van der Waals surface area contributed by atoms with Gasteiger partial charge in [0.1, 0.15) is 0 Å². The molecular weight excluding hydrogens is 199 g/mol. The maximum absolute atomic E-state index is 12.3. The van der Waals surface area contributed by atoms with Crippen molar-refractivity contribution in [2.75, 3.05) is 5.73 Å². The molecule has 76 valence electrons. The van der Waals surface area contributed by atoms with Gasteiger partial charge in [-0.2, -0.15) is 13.2 Å². The molecule has 3 nitrogen and oxygen atoms in total. The predicted molar refractivity (Wildman–Crippen MR) is 42.8 cm³/mol. The van der Waals surface area contributed by atoms with Crippen molar-refractivity contribution in [3.8, 4) is 0 Å². The molecule has 0 bridgehead atoms. The lowest BCUT2D eigenvalue weighted by Crippen LogP contribution is -2.15. The van der Waals surface area contributed by atoms with E-state index in [0.717, 1.165) is 18.2 Å². The van der Waals surface area contributed by atoms with E-state index in [-0.39, 0.29) is 0 Å². The summed E-state index contributed by atoms with van der Waals surface area (Å²) < 4.78 is 37.0. The molecule has 6 heteroatoms. The van der Waals surface area contributed by atoms with E-state index in [1.54, 1.807) is 0 Å². The van der Waals surface area contributed by atoms with Crippen molar-refractivity contribution < 1.29 is 23.1 Å². The second kappa shape index (κ2) is 3.21. The highest BCUT2D eigenvalue weighted by Crippen LogP contribution is 2.35. The molecule has 0 aliphatic heterocycles. The van der Waals surface area contributed by atoms with Gasteiger partial charge in [-0.1, -0.05) is 6.07 Å². The standard InChI is InChI=1S/C8H6F3NO2/c9-8(10,11)6-4(7(13)14)2-1-3-5(6)12/h1-3H,12H2,(H,13,14). The van der Waals surface area contributed by atoms with Crippen molar-refractivity contribution in [3.05, 3.63) is 29.3 Å². The molecule has 0 aliphatic carbocycles. The number of alkyl halides is 3. The Kier molecular flexibility index (Phi) is 2.37. The Labute approximate surface area is 77.0 Å². The molecule has 0 saturated heterocycles. The smallest absolute Gasteiger partial charge is 0.419 e. The van der Waals surface area contributed by atoms with E-state index in [9.17, 15) is 18.0 Å². The summed E-state index contributed by atoms with van der Waals surface area (Å²) in [6, 6.07) is 3.03. The number of halogens is 3. The van der Waals surface area contributed by atoms with Gasteiger partial charge in [0.25, 0.3) is 0 Å². The molecule has 1 rings (SSSR count). The van der Waals surface area contributed by atoms with E-state index < -0.39 is 29.0 Å². The summed E-state index contributed by atoms with van der Waals surface area (Å²) in [7, 11) is 0. The van der Waals surface area contributed by atoms with Gasteiger partial charge in [-0.05, 0) is 12.1 Å². The second-order valence-electron chi connectivity index (χ2n) is 2.57. The molecular formula is C8H6F3NO2. The van der Waals surface area contributed by atoms with Crippen LogP contribution in [0.5, 0.6) is 0 Å². The summed E-state index contributed by atoms with van der Waals surface area (Å²) in [6.07, 6.45) is -4.75. The number of nitrogen functional groups attached to an aromatic ring is 1. The molecule has 0 spiro atoms. The average Bonchev–Trinajstić information content (AvgIpc) is 2.01. The highest BCUT2D eigenvalue weighted by molar-refractivity contribution is 5.91. The van der Waals surface area contributed by atoms with Gasteiger partial charge in [0.05, 0.1) is 11.1 Å². The predicted octanol–water partition coefficient (Wildman–Crippen LogP) is 1.99. The summed E-state index contributed by atoms with van der Waals surface area (Å²) in [4.78, 5) is 10.5. The van der Waals surface area contributed by atoms with E-state index in [1.807, 2.05) is 0 Å². The summed E-state index contributed by atoms with van der Waals surface area (Å²) >= 11 is 0. The van der Waals surface area contributed by atoms with Crippen LogP contribution in [0.4, 0.5) is 18.9 Å². The van der Waals surface area contributed by atoms with E-state index in [0.29, 0.717) is 0 Å². The van der Waals surface area contributed by atoms with Crippen molar-refractivity contribution in [2.45, 2.75) is 6.18 Å². The van der Waals surface area contributed by atoms with Crippen LogP contribution in [-0.4, -0.2) is 11.1 Å². The molecule has 0 fully saturated rings. The molecule has 0 heterocycles. The van der Waals surface area contributed by atoms with Gasteiger partial charge in [0.2, 0.25) is 0 Å². The van der Waals surface area contributed by atoms with Gasteiger partial charge in [0.15, 0.2) is 0 Å². The zero-order chi connectivity index (χ0) is 10.9. The molecule has 0 unspecified atom stereocenters. The second-order valence-corrected chi connectivity index (χ2v) is 2.57. The summed E-state index contributed by atoms with van der Waals surface area (Å²) in [5.41, 5.74) is 2.34. The third-order valence-electron chi connectivity index (χ3n) is 1.61. The first-order valence-electron chi connectivity index (χ1n) is 3.53. The number of hydrogen-bond acceptors (Lipinski definition) is 2. The number of carboxylic acids is 1. The van der Waals surface area contributed by atoms with Crippen LogP contribution >= 0.6 is 0 Å². The van der Waals surface area contributed by atoms with Crippen LogP contribution < -0.4 is 5.73 Å². The third kappa shape index (κ3) is 1.78. The lowest BCUT2D eigenvalue weighted by atomic mass is 10.1. The van der Waals surface area contributed by atoms with Crippen LogP contribution in [0.1, 0.15) is 15.9 Å². The molecule has 3 N–H and O–H groups in total. The zero-order valence-corrected chi connectivity index (χ0v) is 6.80. The topological polar surface area (TPSA) is 63.3 Å². The van der Waals surface area contributed by atoms with Crippen molar-refractivity contribution in [3.63, 3.8) is 0 Å². The minimum atomic E-state index is -4.75. The van der Waals surface area contributed by atoms with Crippen LogP contribution in [0.3, 0.4) is 0 Å². The van der Waals surface area contributed by atoms with E-state index in [1.165, 1.54) is 0 Å². The van der Waals surface area contributed by atoms with E-state index in [4.69, 9.17) is 10.8 Å². The first-order valence-corrected chi connectivity index (χ1v) is 3.53. The number of anilines is 1. The number of carboxylic acid groups (broad SMARTS) is 1. The van der Waals surface area contributed by atoms with Gasteiger partial charge < -0.3 is 10.8 Å². The highest BCUT2D eigenvalue weighted by Gasteiger charge is 2.37. The summed E-state index contributed by atoms with van der Waals surface area (Å²) in [6.45, 7) is 0. The van der Waals surface area contributed by atoms with Crippen LogP contribution in [0.2, 0.25) is 0 Å². The van der Waals surface area contributed by atoms with Crippen molar-refractivity contribution in [2.24, 2.45) is 0 Å². The Balaban J connectivity index is 3.45. The molecule has 0 aliphatic rings. The lowest BCUT2D eigenvalue weighted by Gasteiger charge is -2.12. The van der Waals surface area contributed by atoms with Gasteiger partial charge in [-0.3, -0.25) is 0 Å². The Hall–Kier alpha value is -1.72. The molecule has 14 heavy (non-hydrogen) atoms. The number of carbonyl (C=O) groups is 1. The molecule has 1 aromatic rings. The van der Waals surface area contributed by atoms with Gasteiger partial charge in [-0.25, -0.2) is 4.79 Å². The third-order valence-corrected chi connectivity index (χ3v) is 1.61. The number of hydrogen-bond donors (Lipinski definition) is 2. The Morgan fingerprint density at radius 2 is 1.93 bits per heavy atom. The van der Waals surface area contributed by atoms with Crippen LogP contribution in [-0.2, 0) is 6.18 Å². The quantitative estimate of drug-likeness (QED) is 0.689. The number of aromatic carboxylic acids is 1. The first kappa shape index (κ1) is 10.4. The SMILES string of the molecule is Nc1cccc(C(=O)O)c1C(F)(F)F. The van der Waals surface area contributed by atoms with Crippen LogP contribution in [0.15, 0.2) is 18.2 Å². The fourth-order valence-corrected chi connectivity index (χ4v) is 1.06. The zero-order valence-electron chi connectivity index (χ0n) is 6.80. The number of nitrogens with two attached hydrogens (primary N) is 1. The van der Waals surface area contributed by atoms with Gasteiger partial charge in [-0.15, -0.1) is 0 Å².